The second-order valence-electron chi connectivity index (χ2n) is 6.29. The van der Waals surface area contributed by atoms with E-state index in [4.69, 9.17) is 9.05 Å². The van der Waals surface area contributed by atoms with Crippen molar-refractivity contribution in [1.82, 2.24) is 4.67 Å². The van der Waals surface area contributed by atoms with Gasteiger partial charge < -0.3 is 9.05 Å². The summed E-state index contributed by atoms with van der Waals surface area (Å²) in [6.45, 7) is 12.9. The second kappa shape index (κ2) is 3.40. The van der Waals surface area contributed by atoms with Crippen molar-refractivity contribution in [2.45, 2.75) is 41.5 Å². The Morgan fingerprint density at radius 3 is 1.50 bits per heavy atom. The molecule has 0 radical (unpaired) electrons. The fourth-order valence-corrected chi connectivity index (χ4v) is 2.96. The van der Waals surface area contributed by atoms with Gasteiger partial charge in [0.05, 0.1) is 12.4 Å². The van der Waals surface area contributed by atoms with Crippen LogP contribution in [-0.2, 0) is 9.05 Å². The van der Waals surface area contributed by atoms with Crippen molar-refractivity contribution in [1.29, 1.82) is 0 Å². The van der Waals surface area contributed by atoms with Gasteiger partial charge in [0.1, 0.15) is 11.5 Å². The highest BCUT2D eigenvalue weighted by molar-refractivity contribution is 7.45. The molecule has 2 rings (SSSR count). The van der Waals surface area contributed by atoms with Gasteiger partial charge in [0, 0.05) is 10.8 Å². The van der Waals surface area contributed by atoms with Crippen LogP contribution in [0.25, 0.3) is 0 Å². The van der Waals surface area contributed by atoms with E-state index in [1.54, 1.807) is 0 Å². The first-order valence-electron chi connectivity index (χ1n) is 5.57. The lowest BCUT2D eigenvalue weighted by molar-refractivity contribution is 0.259. The van der Waals surface area contributed by atoms with Crippen molar-refractivity contribution in [3.8, 4) is 0 Å². The molecular weight excluding hydrogens is 221 g/mol. The number of hydrogen-bond acceptors (Lipinski definition) is 3. The fourth-order valence-electron chi connectivity index (χ4n) is 1.36. The maximum atomic E-state index is 5.85. The lowest BCUT2D eigenvalue weighted by Gasteiger charge is -2.22. The van der Waals surface area contributed by atoms with Crippen LogP contribution in [0.15, 0.2) is 23.9 Å². The van der Waals surface area contributed by atoms with Crippen LogP contribution in [0.1, 0.15) is 41.5 Å². The molecule has 4 heteroatoms. The molecule has 16 heavy (non-hydrogen) atoms. The monoisotopic (exact) mass is 241 g/mol. The minimum atomic E-state index is -0.952. The molecule has 0 aromatic heterocycles. The van der Waals surface area contributed by atoms with E-state index in [9.17, 15) is 0 Å². The van der Waals surface area contributed by atoms with Crippen molar-refractivity contribution in [2.24, 2.45) is 10.8 Å². The van der Waals surface area contributed by atoms with E-state index < -0.39 is 8.53 Å². The van der Waals surface area contributed by atoms with Crippen LogP contribution in [-0.4, -0.2) is 4.67 Å². The average Bonchev–Trinajstić information content (AvgIpc) is 2.53. The molecule has 0 bridgehead atoms. The van der Waals surface area contributed by atoms with Gasteiger partial charge in [0.25, 0.3) is 0 Å². The van der Waals surface area contributed by atoms with Crippen molar-refractivity contribution in [3.05, 3.63) is 23.9 Å². The highest BCUT2D eigenvalue weighted by atomic mass is 31.2. The largest absolute Gasteiger partial charge is 0.425 e. The first kappa shape index (κ1) is 11.8. The molecule has 2 heterocycles. The molecular formula is C12H20NO2P. The van der Waals surface area contributed by atoms with Crippen molar-refractivity contribution in [3.63, 3.8) is 0 Å². The van der Waals surface area contributed by atoms with Gasteiger partial charge in [-0.3, -0.25) is 4.67 Å². The van der Waals surface area contributed by atoms with Crippen molar-refractivity contribution in [2.75, 3.05) is 0 Å². The Kier molecular flexibility index (Phi) is 2.50. The Bertz CT molecular complexity index is 326. The highest BCUT2D eigenvalue weighted by Gasteiger charge is 2.41. The van der Waals surface area contributed by atoms with Crippen LogP contribution < -0.4 is 0 Å². The quantitative estimate of drug-likeness (QED) is 0.588. The number of allylic oxidation sites excluding steroid dienone is 2. The summed E-state index contributed by atoms with van der Waals surface area (Å²) in [5, 5.41) is 0. The highest BCUT2D eigenvalue weighted by Crippen LogP contribution is 2.60. The normalized spacial score (nSPS) is 21.2. The third kappa shape index (κ3) is 2.06. The smallest absolute Gasteiger partial charge is 0.420 e. The predicted molar refractivity (Wildman–Crippen MR) is 66.0 cm³/mol. The van der Waals surface area contributed by atoms with E-state index >= 15 is 0 Å². The van der Waals surface area contributed by atoms with Crippen LogP contribution in [0.2, 0.25) is 0 Å². The predicted octanol–water partition coefficient (Wildman–Crippen LogP) is 4.35. The van der Waals surface area contributed by atoms with Crippen LogP contribution in [0, 0.1) is 10.8 Å². The zero-order valence-electron chi connectivity index (χ0n) is 10.9. The van der Waals surface area contributed by atoms with E-state index in [0.29, 0.717) is 0 Å². The average molecular weight is 241 g/mol. The Labute approximate surface area is 99.1 Å². The third-order valence-corrected chi connectivity index (χ3v) is 3.83. The molecule has 0 aromatic rings. The summed E-state index contributed by atoms with van der Waals surface area (Å²) >= 11 is 0. The molecule has 0 N–H and O–H groups in total. The van der Waals surface area contributed by atoms with E-state index in [-0.39, 0.29) is 10.8 Å². The van der Waals surface area contributed by atoms with Crippen LogP contribution in [0.3, 0.4) is 0 Å². The first-order chi connectivity index (χ1) is 7.18. The topological polar surface area (TPSA) is 21.7 Å². The maximum Gasteiger partial charge on any atom is 0.420 e. The molecule has 0 aliphatic carbocycles. The summed E-state index contributed by atoms with van der Waals surface area (Å²) in [4.78, 5) is 0. The Hall–Kier alpha value is -0.690. The molecule has 2 aliphatic heterocycles. The Balaban J connectivity index is 2.18. The molecule has 90 valence electrons. The van der Waals surface area contributed by atoms with Gasteiger partial charge in [0.15, 0.2) is 0 Å². The molecule has 0 spiro atoms. The van der Waals surface area contributed by atoms with Crippen LogP contribution >= 0.6 is 8.53 Å². The summed E-state index contributed by atoms with van der Waals surface area (Å²) in [5.74, 6) is 2.01. The SMILES string of the molecule is CC(C)(C)C1=CN2C=C(C(C)(C)C)OP2O1. The number of nitrogens with zero attached hydrogens (tertiary/aromatic N) is 1. The Morgan fingerprint density at radius 2 is 1.25 bits per heavy atom. The molecule has 0 saturated heterocycles. The van der Waals surface area contributed by atoms with Crippen LogP contribution in [0.5, 0.6) is 0 Å². The lowest BCUT2D eigenvalue weighted by atomic mass is 9.94. The maximum absolute atomic E-state index is 5.85. The van der Waals surface area contributed by atoms with Gasteiger partial charge in [-0.25, -0.2) is 0 Å². The number of fused-ring (bicyclic) bond motifs is 1. The van der Waals surface area contributed by atoms with E-state index in [1.807, 2.05) is 0 Å². The van der Waals surface area contributed by atoms with Crippen molar-refractivity contribution >= 4 is 8.53 Å². The van der Waals surface area contributed by atoms with Gasteiger partial charge in [-0.05, 0) is 0 Å². The molecule has 0 amide bonds. The van der Waals surface area contributed by atoms with E-state index in [1.165, 1.54) is 0 Å². The zero-order chi connectivity index (χ0) is 12.1. The first-order valence-corrected chi connectivity index (χ1v) is 6.70. The summed E-state index contributed by atoms with van der Waals surface area (Å²) in [7, 11) is -0.952. The van der Waals surface area contributed by atoms with E-state index in [0.717, 1.165) is 11.5 Å². The van der Waals surface area contributed by atoms with Gasteiger partial charge in [-0.1, -0.05) is 41.5 Å². The molecule has 0 atom stereocenters. The second-order valence-corrected chi connectivity index (χ2v) is 7.59. The molecule has 0 aromatic carbocycles. The summed E-state index contributed by atoms with van der Waals surface area (Å²) in [6.07, 6.45) is 4.12. The lowest BCUT2D eigenvalue weighted by Crippen LogP contribution is -2.11. The molecule has 3 nitrogen and oxygen atoms in total. The number of rotatable bonds is 0. The molecule has 0 saturated carbocycles. The van der Waals surface area contributed by atoms with Gasteiger partial charge in [0.2, 0.25) is 0 Å². The molecule has 2 aliphatic rings. The van der Waals surface area contributed by atoms with Crippen LogP contribution in [0.4, 0.5) is 0 Å². The summed E-state index contributed by atoms with van der Waals surface area (Å²) < 4.78 is 13.8. The number of hydrogen-bond donors (Lipinski definition) is 0. The standard InChI is InChI=1S/C12H20NO2P/c1-11(2,3)9-7-13-8-10(12(4,5)6)15-16(13)14-9/h7-8H,1-6H3. The summed E-state index contributed by atoms with van der Waals surface area (Å²) in [5.41, 5.74) is 0.0948. The summed E-state index contributed by atoms with van der Waals surface area (Å²) in [6, 6.07) is 0. The third-order valence-electron chi connectivity index (χ3n) is 2.52. The van der Waals surface area contributed by atoms with Gasteiger partial charge in [-0.2, -0.15) is 0 Å². The zero-order valence-corrected chi connectivity index (χ0v) is 11.8. The fraction of sp³-hybridized carbons (Fsp3) is 0.667. The van der Waals surface area contributed by atoms with Crippen molar-refractivity contribution < 1.29 is 9.05 Å². The Morgan fingerprint density at radius 1 is 0.875 bits per heavy atom. The molecule has 0 fully saturated rings. The minimum absolute atomic E-state index is 0.0474. The van der Waals surface area contributed by atoms with Gasteiger partial charge >= 0.3 is 8.53 Å². The molecule has 0 unspecified atom stereocenters. The van der Waals surface area contributed by atoms with Gasteiger partial charge in [-0.15, -0.1) is 0 Å². The van der Waals surface area contributed by atoms with E-state index in [2.05, 4.69) is 58.6 Å². The minimum Gasteiger partial charge on any atom is -0.425 e.